The molecule has 16 heavy (non-hydrogen) atoms. The zero-order chi connectivity index (χ0) is 12.9. The third-order valence-electron chi connectivity index (χ3n) is 1.58. The number of halogens is 1. The molecule has 0 saturated heterocycles. The molecule has 3 atom stereocenters. The Bertz CT molecular complexity index is 278. The monoisotopic (exact) mass is 262 g/mol. The van der Waals surface area contributed by atoms with Gasteiger partial charge < -0.3 is 25.1 Å². The zero-order valence-electron chi connectivity index (χ0n) is 7.93. The van der Waals surface area contributed by atoms with E-state index in [-0.39, 0.29) is 0 Å². The first-order chi connectivity index (χ1) is 7.19. The van der Waals surface area contributed by atoms with Crippen molar-refractivity contribution in [2.24, 2.45) is 0 Å². The van der Waals surface area contributed by atoms with Gasteiger partial charge in [-0.3, -0.25) is 9.32 Å². The molecular formula is C6H12FO8P. The lowest BCUT2D eigenvalue weighted by Crippen LogP contribution is -2.44. The normalized spacial score (nSPS) is 17.9. The van der Waals surface area contributed by atoms with E-state index in [9.17, 15) is 13.8 Å². The molecule has 96 valence electrons. The van der Waals surface area contributed by atoms with Crippen molar-refractivity contribution in [3.05, 3.63) is 0 Å². The predicted octanol–water partition coefficient (Wildman–Crippen LogP) is -2.28. The number of aliphatic hydroxyl groups excluding tert-OH is 3. The second-order valence-corrected chi connectivity index (χ2v) is 4.13. The van der Waals surface area contributed by atoms with Gasteiger partial charge in [0.15, 0.2) is 5.78 Å². The van der Waals surface area contributed by atoms with Gasteiger partial charge in [-0.25, -0.2) is 8.96 Å². The smallest absolute Gasteiger partial charge is 0.388 e. The molecule has 0 aromatic heterocycles. The standard InChI is InChI=1S/C6H12FO8P/c7-1-3(8)5(10)6(11)4(9)2-15-16(12,13)14/h3,5-6,8,10-11H,1-2H2,(H2,12,13,14)/t3?,5-,6+/m1/s1. The van der Waals surface area contributed by atoms with Crippen LogP contribution in [-0.2, 0) is 13.9 Å². The van der Waals surface area contributed by atoms with Crippen molar-refractivity contribution in [1.82, 2.24) is 0 Å². The Morgan fingerprint density at radius 1 is 1.31 bits per heavy atom. The molecule has 0 aliphatic rings. The average Bonchev–Trinajstić information content (AvgIpc) is 2.21. The summed E-state index contributed by atoms with van der Waals surface area (Å²) >= 11 is 0. The molecule has 5 N–H and O–H groups in total. The second-order valence-electron chi connectivity index (χ2n) is 2.89. The van der Waals surface area contributed by atoms with Crippen LogP contribution in [0.3, 0.4) is 0 Å². The molecule has 0 aliphatic carbocycles. The Hall–Kier alpha value is -0.410. The highest BCUT2D eigenvalue weighted by Gasteiger charge is 2.31. The minimum Gasteiger partial charge on any atom is -0.388 e. The van der Waals surface area contributed by atoms with E-state index in [0.717, 1.165) is 0 Å². The third-order valence-corrected chi connectivity index (χ3v) is 2.05. The van der Waals surface area contributed by atoms with Crippen LogP contribution in [0.2, 0.25) is 0 Å². The van der Waals surface area contributed by atoms with Gasteiger partial charge in [0.1, 0.15) is 31.6 Å². The maximum Gasteiger partial charge on any atom is 0.470 e. The van der Waals surface area contributed by atoms with E-state index in [1.807, 2.05) is 0 Å². The highest BCUT2D eigenvalue weighted by Crippen LogP contribution is 2.35. The molecule has 0 radical (unpaired) electrons. The molecule has 0 saturated carbocycles. The van der Waals surface area contributed by atoms with Crippen molar-refractivity contribution in [2.75, 3.05) is 13.3 Å². The van der Waals surface area contributed by atoms with E-state index in [4.69, 9.17) is 25.1 Å². The molecule has 0 fully saturated rings. The fourth-order valence-electron chi connectivity index (χ4n) is 0.725. The van der Waals surface area contributed by atoms with Gasteiger partial charge in [-0.05, 0) is 0 Å². The van der Waals surface area contributed by atoms with E-state index in [1.165, 1.54) is 0 Å². The number of carbonyl (C=O) groups is 1. The number of carbonyl (C=O) groups excluding carboxylic acids is 1. The summed E-state index contributed by atoms with van der Waals surface area (Å²) in [4.78, 5) is 27.4. The van der Waals surface area contributed by atoms with Crippen LogP contribution in [0.15, 0.2) is 0 Å². The number of phosphoric ester groups is 1. The molecule has 0 rings (SSSR count). The minimum absolute atomic E-state index is 1.17. The first-order valence-corrected chi connectivity index (χ1v) is 5.55. The Morgan fingerprint density at radius 2 is 1.81 bits per heavy atom. The average molecular weight is 262 g/mol. The number of phosphoric acid groups is 1. The summed E-state index contributed by atoms with van der Waals surface area (Å²) in [5, 5.41) is 26.7. The SMILES string of the molecule is O=C(COP(=O)(O)O)[C@H](O)[C@H](O)C(O)CF. The summed E-state index contributed by atoms with van der Waals surface area (Å²) in [6.07, 6.45) is -6.23. The quantitative estimate of drug-likeness (QED) is 0.322. The number of ketones is 1. The largest absolute Gasteiger partial charge is 0.470 e. The highest BCUT2D eigenvalue weighted by atomic mass is 31.2. The summed E-state index contributed by atoms with van der Waals surface area (Å²) < 4.78 is 25.8. The molecule has 0 aromatic rings. The summed E-state index contributed by atoms with van der Waals surface area (Å²) in [5.74, 6) is -1.29. The summed E-state index contributed by atoms with van der Waals surface area (Å²) in [6.45, 7) is -2.55. The van der Waals surface area contributed by atoms with Gasteiger partial charge in [-0.15, -0.1) is 0 Å². The van der Waals surface area contributed by atoms with Crippen molar-refractivity contribution >= 4 is 13.6 Å². The van der Waals surface area contributed by atoms with E-state index < -0.39 is 45.2 Å². The van der Waals surface area contributed by atoms with Gasteiger partial charge in [0.25, 0.3) is 0 Å². The lowest BCUT2D eigenvalue weighted by Gasteiger charge is -2.19. The van der Waals surface area contributed by atoms with Crippen molar-refractivity contribution < 1.29 is 43.4 Å². The molecule has 0 bridgehead atoms. The van der Waals surface area contributed by atoms with E-state index >= 15 is 0 Å². The number of aliphatic hydroxyl groups is 3. The van der Waals surface area contributed by atoms with E-state index in [1.54, 1.807) is 0 Å². The first kappa shape index (κ1) is 15.6. The van der Waals surface area contributed by atoms with Crippen molar-refractivity contribution in [2.45, 2.75) is 18.3 Å². The number of rotatable bonds is 7. The van der Waals surface area contributed by atoms with Gasteiger partial charge in [0.2, 0.25) is 0 Å². The number of Topliss-reactive ketones (excluding diaryl/α,β-unsaturated/α-hetero) is 1. The lowest BCUT2D eigenvalue weighted by atomic mass is 10.1. The fourth-order valence-corrected chi connectivity index (χ4v) is 1.02. The predicted molar refractivity (Wildman–Crippen MR) is 47.0 cm³/mol. The van der Waals surface area contributed by atoms with Crippen molar-refractivity contribution in [3.63, 3.8) is 0 Å². The minimum atomic E-state index is -4.87. The molecule has 0 aliphatic heterocycles. The molecule has 0 heterocycles. The molecule has 0 spiro atoms. The first-order valence-electron chi connectivity index (χ1n) is 4.02. The van der Waals surface area contributed by atoms with Crippen molar-refractivity contribution in [1.29, 1.82) is 0 Å². The maximum atomic E-state index is 11.8. The summed E-state index contributed by atoms with van der Waals surface area (Å²) in [5.41, 5.74) is 0. The van der Waals surface area contributed by atoms with Gasteiger partial charge in [0, 0.05) is 0 Å². The zero-order valence-corrected chi connectivity index (χ0v) is 8.83. The van der Waals surface area contributed by atoms with Gasteiger partial charge >= 0.3 is 7.82 Å². The highest BCUT2D eigenvalue weighted by molar-refractivity contribution is 7.46. The molecule has 1 unspecified atom stereocenters. The molecule has 0 amide bonds. The fraction of sp³-hybridized carbons (Fsp3) is 0.833. The maximum absolute atomic E-state index is 11.8. The topological polar surface area (TPSA) is 145 Å². The number of hydrogen-bond donors (Lipinski definition) is 5. The lowest BCUT2D eigenvalue weighted by molar-refractivity contribution is -0.141. The molecule has 10 heteroatoms. The third kappa shape index (κ3) is 5.61. The van der Waals surface area contributed by atoms with Crippen LogP contribution >= 0.6 is 7.82 Å². The van der Waals surface area contributed by atoms with Crippen LogP contribution in [0.5, 0.6) is 0 Å². The number of alkyl halides is 1. The number of hydrogen-bond acceptors (Lipinski definition) is 6. The van der Waals surface area contributed by atoms with Gasteiger partial charge in [0.05, 0.1) is 0 Å². The Labute approximate surface area is 89.5 Å². The van der Waals surface area contributed by atoms with Crippen LogP contribution in [0.4, 0.5) is 4.39 Å². The summed E-state index contributed by atoms with van der Waals surface area (Å²) in [6, 6.07) is 0. The van der Waals surface area contributed by atoms with Crippen LogP contribution in [-0.4, -0.2) is 62.5 Å². The molecular weight excluding hydrogens is 250 g/mol. The van der Waals surface area contributed by atoms with Gasteiger partial charge in [-0.1, -0.05) is 0 Å². The Morgan fingerprint density at radius 3 is 2.19 bits per heavy atom. The van der Waals surface area contributed by atoms with E-state index in [0.29, 0.717) is 0 Å². The van der Waals surface area contributed by atoms with Gasteiger partial charge in [-0.2, -0.15) is 0 Å². The summed E-state index contributed by atoms with van der Waals surface area (Å²) in [7, 11) is -4.87. The molecule has 8 nitrogen and oxygen atoms in total. The van der Waals surface area contributed by atoms with Crippen LogP contribution in [0, 0.1) is 0 Å². The Balaban J connectivity index is 4.23. The van der Waals surface area contributed by atoms with E-state index in [2.05, 4.69) is 4.52 Å². The van der Waals surface area contributed by atoms with Crippen LogP contribution in [0.1, 0.15) is 0 Å². The Kier molecular flexibility index (Phi) is 6.19. The van der Waals surface area contributed by atoms with Crippen LogP contribution in [0.25, 0.3) is 0 Å². The van der Waals surface area contributed by atoms with Crippen LogP contribution < -0.4 is 0 Å². The second kappa shape index (κ2) is 6.36. The molecule has 0 aromatic carbocycles. The van der Waals surface area contributed by atoms with Crippen molar-refractivity contribution in [3.8, 4) is 0 Å².